The molecule has 1 fully saturated rings. The number of ether oxygens (including phenoxy) is 1. The van der Waals surface area contributed by atoms with E-state index in [-0.39, 0.29) is 11.7 Å². The van der Waals surface area contributed by atoms with Crippen LogP contribution in [0, 0.1) is 20.8 Å². The number of nitrogens with zero attached hydrogens (tertiary/aromatic N) is 1. The fourth-order valence-electron chi connectivity index (χ4n) is 4.10. The molecule has 5 nitrogen and oxygen atoms in total. The van der Waals surface area contributed by atoms with Crippen molar-refractivity contribution in [1.82, 2.24) is 9.88 Å². The van der Waals surface area contributed by atoms with Crippen molar-refractivity contribution in [2.45, 2.75) is 46.3 Å². The molecule has 2 aromatic carbocycles. The smallest absolute Gasteiger partial charge is 0.253 e. The summed E-state index contributed by atoms with van der Waals surface area (Å²) in [6, 6.07) is 14.3. The average molecular weight is 436 g/mol. The predicted molar refractivity (Wildman–Crippen MR) is 131 cm³/mol. The number of aromatic nitrogens is 1. The van der Waals surface area contributed by atoms with Crippen molar-refractivity contribution in [1.29, 1.82) is 0 Å². The van der Waals surface area contributed by atoms with Gasteiger partial charge >= 0.3 is 0 Å². The van der Waals surface area contributed by atoms with Gasteiger partial charge in [-0.3, -0.25) is 4.79 Å². The Labute approximate surface area is 188 Å². The topological polar surface area (TPSA) is 57.4 Å². The van der Waals surface area contributed by atoms with E-state index in [0.717, 1.165) is 47.2 Å². The number of pyridine rings is 1. The molecule has 1 aliphatic rings. The van der Waals surface area contributed by atoms with Crippen molar-refractivity contribution in [3.8, 4) is 0 Å². The molecule has 2 heterocycles. The van der Waals surface area contributed by atoms with E-state index in [1.54, 1.807) is 0 Å². The van der Waals surface area contributed by atoms with Crippen molar-refractivity contribution in [3.63, 3.8) is 0 Å². The largest absolute Gasteiger partial charge is 0.376 e. The number of anilines is 1. The summed E-state index contributed by atoms with van der Waals surface area (Å²) in [5, 5.41) is 5.02. The normalized spacial score (nSPS) is 15.9. The zero-order valence-corrected chi connectivity index (χ0v) is 19.1. The highest BCUT2D eigenvalue weighted by molar-refractivity contribution is 7.80. The van der Waals surface area contributed by atoms with Crippen LogP contribution >= 0.6 is 12.2 Å². The lowest BCUT2D eigenvalue weighted by atomic mass is 10.1. The summed E-state index contributed by atoms with van der Waals surface area (Å²) >= 11 is 5.79. The van der Waals surface area contributed by atoms with Crippen LogP contribution in [-0.4, -0.2) is 34.3 Å². The molecule has 1 atom stereocenters. The van der Waals surface area contributed by atoms with E-state index < -0.39 is 0 Å². The molecule has 0 amide bonds. The van der Waals surface area contributed by atoms with E-state index in [9.17, 15) is 4.79 Å². The van der Waals surface area contributed by atoms with Gasteiger partial charge in [-0.2, -0.15) is 0 Å². The van der Waals surface area contributed by atoms with Gasteiger partial charge < -0.3 is 19.9 Å². The fourth-order valence-corrected chi connectivity index (χ4v) is 4.34. The summed E-state index contributed by atoms with van der Waals surface area (Å²) in [4.78, 5) is 17.8. The second-order valence-corrected chi connectivity index (χ2v) is 8.87. The molecule has 4 rings (SSSR count). The van der Waals surface area contributed by atoms with E-state index in [4.69, 9.17) is 17.0 Å². The number of rotatable bonds is 5. The zero-order valence-electron chi connectivity index (χ0n) is 18.3. The van der Waals surface area contributed by atoms with E-state index in [2.05, 4.69) is 54.2 Å². The van der Waals surface area contributed by atoms with Gasteiger partial charge in [-0.05, 0) is 81.0 Å². The van der Waals surface area contributed by atoms with Crippen LogP contribution in [0.15, 0.2) is 47.3 Å². The summed E-state index contributed by atoms with van der Waals surface area (Å²) < 4.78 is 5.86. The number of thiocarbonyl (C=S) groups is 1. The molecule has 2 N–H and O–H groups in total. The van der Waals surface area contributed by atoms with E-state index in [1.807, 2.05) is 24.3 Å². The number of H-pyrrole nitrogens is 1. The minimum absolute atomic E-state index is 0.0805. The van der Waals surface area contributed by atoms with Crippen molar-refractivity contribution in [3.05, 3.63) is 75.1 Å². The number of hydrogen-bond acceptors (Lipinski definition) is 3. The Morgan fingerprint density at radius 3 is 2.68 bits per heavy atom. The molecule has 1 aliphatic heterocycles. The van der Waals surface area contributed by atoms with Crippen LogP contribution in [0.25, 0.3) is 10.9 Å². The Hall–Kier alpha value is -2.70. The molecule has 0 radical (unpaired) electrons. The molecule has 162 valence electrons. The van der Waals surface area contributed by atoms with E-state index >= 15 is 0 Å². The quantitative estimate of drug-likeness (QED) is 0.562. The molecular formula is C25H29N3O2S. The second kappa shape index (κ2) is 9.20. The van der Waals surface area contributed by atoms with Crippen LogP contribution < -0.4 is 10.9 Å². The zero-order chi connectivity index (χ0) is 22.0. The van der Waals surface area contributed by atoms with E-state index in [0.29, 0.717) is 23.8 Å². The summed E-state index contributed by atoms with van der Waals surface area (Å²) in [6.07, 6.45) is 2.20. The molecule has 0 aliphatic carbocycles. The van der Waals surface area contributed by atoms with Gasteiger partial charge in [0.05, 0.1) is 12.6 Å². The minimum Gasteiger partial charge on any atom is -0.376 e. The Morgan fingerprint density at radius 1 is 1.16 bits per heavy atom. The van der Waals surface area contributed by atoms with Crippen LogP contribution in [0.2, 0.25) is 0 Å². The monoisotopic (exact) mass is 435 g/mol. The molecule has 6 heteroatoms. The van der Waals surface area contributed by atoms with E-state index in [1.165, 1.54) is 5.56 Å². The third-order valence-corrected chi connectivity index (χ3v) is 6.16. The molecular weight excluding hydrogens is 406 g/mol. The summed E-state index contributed by atoms with van der Waals surface area (Å²) in [7, 11) is 0. The summed E-state index contributed by atoms with van der Waals surface area (Å²) in [5.41, 5.74) is 5.95. The highest BCUT2D eigenvalue weighted by atomic mass is 32.1. The number of aromatic amines is 1. The highest BCUT2D eigenvalue weighted by Gasteiger charge is 2.22. The van der Waals surface area contributed by atoms with Gasteiger partial charge in [-0.25, -0.2) is 0 Å². The molecule has 0 saturated carbocycles. The number of aryl methyl sites for hydroxylation is 3. The maximum atomic E-state index is 12.8. The molecule has 31 heavy (non-hydrogen) atoms. The average Bonchev–Trinajstić information content (AvgIpc) is 3.23. The number of benzene rings is 2. The van der Waals surface area contributed by atoms with Crippen molar-refractivity contribution in [2.24, 2.45) is 0 Å². The van der Waals surface area contributed by atoms with Gasteiger partial charge in [0.1, 0.15) is 0 Å². The van der Waals surface area contributed by atoms with Crippen LogP contribution in [0.3, 0.4) is 0 Å². The van der Waals surface area contributed by atoms with Crippen molar-refractivity contribution < 1.29 is 4.74 Å². The maximum Gasteiger partial charge on any atom is 0.253 e. The predicted octanol–water partition coefficient (Wildman–Crippen LogP) is 4.83. The molecule has 0 unspecified atom stereocenters. The van der Waals surface area contributed by atoms with Crippen LogP contribution in [0.1, 0.15) is 35.1 Å². The number of hydrogen-bond donors (Lipinski definition) is 2. The first-order chi connectivity index (χ1) is 14.9. The van der Waals surface area contributed by atoms with Crippen LogP contribution in [-0.2, 0) is 11.3 Å². The first-order valence-electron chi connectivity index (χ1n) is 10.8. The molecule has 0 spiro atoms. The Morgan fingerprint density at radius 2 is 1.94 bits per heavy atom. The van der Waals surface area contributed by atoms with Gasteiger partial charge in [0.2, 0.25) is 0 Å². The highest BCUT2D eigenvalue weighted by Crippen LogP contribution is 2.20. The SMILES string of the molecule is Cc1ccc(NC(=S)N(Cc2cc3cc(C)ccc3[nH]c2=O)C[C@H]2CCCO2)c(C)c1. The standard InChI is InChI=1S/C25H29N3O2S/c1-16-6-8-22(18(3)11-16)27-25(31)28(15-21-5-4-10-30-21)14-20-13-19-12-17(2)7-9-23(19)26-24(20)29/h6-9,11-13,21H,4-5,10,14-15H2,1-3H3,(H,26,29)(H,27,31)/t21-/m1/s1. The van der Waals surface area contributed by atoms with Gasteiger partial charge in [-0.15, -0.1) is 0 Å². The third-order valence-electron chi connectivity index (χ3n) is 5.80. The second-order valence-electron chi connectivity index (χ2n) is 8.48. The van der Waals surface area contributed by atoms with Gasteiger partial charge in [0.15, 0.2) is 5.11 Å². The minimum atomic E-state index is -0.0805. The first kappa shape index (κ1) is 21.5. The molecule has 1 saturated heterocycles. The molecule has 3 aromatic rings. The van der Waals surface area contributed by atoms with Gasteiger partial charge in [0.25, 0.3) is 5.56 Å². The molecule has 0 bridgehead atoms. The number of fused-ring (bicyclic) bond motifs is 1. The fraction of sp³-hybridized carbons (Fsp3) is 0.360. The maximum absolute atomic E-state index is 12.8. The van der Waals surface area contributed by atoms with Crippen molar-refractivity contribution >= 4 is 33.9 Å². The Kier molecular flexibility index (Phi) is 6.39. The van der Waals surface area contributed by atoms with Crippen LogP contribution in [0.4, 0.5) is 5.69 Å². The van der Waals surface area contributed by atoms with Crippen LogP contribution in [0.5, 0.6) is 0 Å². The first-order valence-corrected chi connectivity index (χ1v) is 11.2. The summed E-state index contributed by atoms with van der Waals surface area (Å²) in [6.45, 7) is 8.06. The van der Waals surface area contributed by atoms with Gasteiger partial charge in [0, 0.05) is 29.9 Å². The Bertz CT molecular complexity index is 1170. The lowest BCUT2D eigenvalue weighted by Gasteiger charge is -2.28. The lowest BCUT2D eigenvalue weighted by molar-refractivity contribution is 0.0904. The van der Waals surface area contributed by atoms with Crippen molar-refractivity contribution in [2.75, 3.05) is 18.5 Å². The Balaban J connectivity index is 1.61. The molecule has 1 aromatic heterocycles. The summed E-state index contributed by atoms with van der Waals surface area (Å²) in [5.74, 6) is 0. The number of nitrogens with one attached hydrogen (secondary N) is 2. The van der Waals surface area contributed by atoms with Gasteiger partial charge in [-0.1, -0.05) is 29.3 Å². The third kappa shape index (κ3) is 5.14. The lowest BCUT2D eigenvalue weighted by Crippen LogP contribution is -2.40.